The number of hydrogen-bond donors (Lipinski definition) is 1. The summed E-state index contributed by atoms with van der Waals surface area (Å²) in [6.07, 6.45) is 3.47. The average molecular weight is 327 g/mol. The number of aromatic nitrogens is 3. The highest BCUT2D eigenvalue weighted by atomic mass is 32.2. The summed E-state index contributed by atoms with van der Waals surface area (Å²) in [6.45, 7) is 0.432. The van der Waals surface area contributed by atoms with Crippen LogP contribution in [0.15, 0.2) is 63.3 Å². The van der Waals surface area contributed by atoms with Crippen molar-refractivity contribution in [3.05, 3.63) is 69.5 Å². The summed E-state index contributed by atoms with van der Waals surface area (Å²) < 4.78 is 1.29. The largest absolute Gasteiger partial charge is 0.328 e. The number of nitrogens with zero attached hydrogens (tertiary/aromatic N) is 2. The minimum absolute atomic E-state index is 0.221. The number of benzene rings is 1. The second kappa shape index (κ2) is 7.28. The summed E-state index contributed by atoms with van der Waals surface area (Å²) in [4.78, 5) is 31.4. The number of rotatable bonds is 6. The lowest BCUT2D eigenvalue weighted by atomic mass is 10.2. The van der Waals surface area contributed by atoms with E-state index in [-0.39, 0.29) is 11.2 Å². The van der Waals surface area contributed by atoms with Gasteiger partial charge >= 0.3 is 5.69 Å². The minimum Gasteiger partial charge on any atom is -0.307 e. The molecule has 0 unspecified atom stereocenters. The van der Waals surface area contributed by atoms with E-state index in [4.69, 9.17) is 0 Å². The Kier molecular flexibility index (Phi) is 4.92. The molecule has 6 heteroatoms. The van der Waals surface area contributed by atoms with Gasteiger partial charge in [0.25, 0.3) is 5.56 Å². The van der Waals surface area contributed by atoms with Crippen LogP contribution in [0, 0.1) is 0 Å². The number of para-hydroxylation sites is 1. The highest BCUT2D eigenvalue weighted by Gasteiger charge is 2.06. The molecule has 3 rings (SSSR count). The zero-order chi connectivity index (χ0) is 16.1. The van der Waals surface area contributed by atoms with E-state index in [1.807, 2.05) is 18.2 Å². The SMILES string of the molecule is O=c1[nH]c2ccccc2c(=O)n1CCCCSc1ccccn1. The fourth-order valence-electron chi connectivity index (χ4n) is 2.38. The van der Waals surface area contributed by atoms with Crippen molar-refractivity contribution in [3.63, 3.8) is 0 Å². The van der Waals surface area contributed by atoms with Gasteiger partial charge < -0.3 is 4.98 Å². The van der Waals surface area contributed by atoms with E-state index >= 15 is 0 Å². The summed E-state index contributed by atoms with van der Waals surface area (Å²) in [7, 11) is 0. The summed E-state index contributed by atoms with van der Waals surface area (Å²) in [5.41, 5.74) is 0.0252. The second-order valence-electron chi connectivity index (χ2n) is 5.16. The highest BCUT2D eigenvalue weighted by Crippen LogP contribution is 2.15. The van der Waals surface area contributed by atoms with E-state index < -0.39 is 0 Å². The van der Waals surface area contributed by atoms with Gasteiger partial charge in [-0.25, -0.2) is 9.78 Å². The van der Waals surface area contributed by atoms with E-state index in [0.29, 0.717) is 17.4 Å². The van der Waals surface area contributed by atoms with Crippen molar-refractivity contribution in [3.8, 4) is 0 Å². The number of fused-ring (bicyclic) bond motifs is 1. The quantitative estimate of drug-likeness (QED) is 0.558. The lowest BCUT2D eigenvalue weighted by molar-refractivity contribution is 0.591. The molecule has 0 atom stereocenters. The van der Waals surface area contributed by atoms with Gasteiger partial charge in [0, 0.05) is 12.7 Å². The summed E-state index contributed by atoms with van der Waals surface area (Å²) in [5.74, 6) is 0.914. The van der Waals surface area contributed by atoms with Crippen LogP contribution in [0.25, 0.3) is 10.9 Å². The Hall–Kier alpha value is -2.34. The molecule has 1 N–H and O–H groups in total. The number of unbranched alkanes of at least 4 members (excludes halogenated alkanes) is 1. The molecule has 5 nitrogen and oxygen atoms in total. The number of nitrogens with one attached hydrogen (secondary N) is 1. The molecule has 118 valence electrons. The number of H-pyrrole nitrogens is 1. The van der Waals surface area contributed by atoms with E-state index in [1.165, 1.54) is 4.57 Å². The predicted molar refractivity (Wildman–Crippen MR) is 93.0 cm³/mol. The van der Waals surface area contributed by atoms with Crippen molar-refractivity contribution >= 4 is 22.7 Å². The lowest BCUT2D eigenvalue weighted by Crippen LogP contribution is -2.35. The van der Waals surface area contributed by atoms with Crippen molar-refractivity contribution in [1.29, 1.82) is 0 Å². The van der Waals surface area contributed by atoms with Gasteiger partial charge in [0.1, 0.15) is 0 Å². The molecule has 3 aromatic rings. The number of pyridine rings is 1. The van der Waals surface area contributed by atoms with Gasteiger partial charge in [0.05, 0.1) is 15.9 Å². The fraction of sp³-hybridized carbons (Fsp3) is 0.235. The van der Waals surface area contributed by atoms with Gasteiger partial charge in [-0.1, -0.05) is 18.2 Å². The van der Waals surface area contributed by atoms with Crippen molar-refractivity contribution in [2.45, 2.75) is 24.4 Å². The second-order valence-corrected chi connectivity index (χ2v) is 6.27. The van der Waals surface area contributed by atoms with Crippen LogP contribution in [-0.2, 0) is 6.54 Å². The summed E-state index contributed by atoms with van der Waals surface area (Å²) in [5, 5.41) is 1.54. The molecule has 0 aliphatic rings. The molecule has 0 amide bonds. The van der Waals surface area contributed by atoms with Crippen LogP contribution in [0.1, 0.15) is 12.8 Å². The van der Waals surface area contributed by atoms with Crippen LogP contribution in [0.3, 0.4) is 0 Å². The molecule has 0 aliphatic heterocycles. The molecule has 2 aromatic heterocycles. The molecule has 0 saturated heterocycles. The Labute approximate surface area is 137 Å². The third-order valence-electron chi connectivity index (χ3n) is 3.55. The van der Waals surface area contributed by atoms with E-state index in [9.17, 15) is 9.59 Å². The van der Waals surface area contributed by atoms with Crippen molar-refractivity contribution in [2.75, 3.05) is 5.75 Å². The standard InChI is InChI=1S/C17H17N3O2S/c21-16-13-7-1-2-8-14(13)19-17(22)20(16)11-5-6-12-23-15-9-3-4-10-18-15/h1-4,7-10H,5-6,11-12H2,(H,19,22). The maximum absolute atomic E-state index is 12.4. The third-order valence-corrected chi connectivity index (χ3v) is 4.58. The first-order chi connectivity index (χ1) is 11.3. The normalized spacial score (nSPS) is 11.0. The smallest absolute Gasteiger partial charge is 0.307 e. The molecule has 0 spiro atoms. The van der Waals surface area contributed by atoms with Gasteiger partial charge in [0.2, 0.25) is 0 Å². The summed E-state index contributed by atoms with van der Waals surface area (Å²) in [6, 6.07) is 12.9. The van der Waals surface area contributed by atoms with Gasteiger partial charge in [-0.2, -0.15) is 0 Å². The molecule has 0 bridgehead atoms. The number of aromatic amines is 1. The first-order valence-corrected chi connectivity index (χ1v) is 8.50. The zero-order valence-electron chi connectivity index (χ0n) is 12.6. The van der Waals surface area contributed by atoms with Gasteiger partial charge in [0.15, 0.2) is 0 Å². The van der Waals surface area contributed by atoms with E-state index in [0.717, 1.165) is 23.6 Å². The molecule has 0 saturated carbocycles. The molecular weight excluding hydrogens is 310 g/mol. The van der Waals surface area contributed by atoms with E-state index in [1.54, 1.807) is 42.2 Å². The first kappa shape index (κ1) is 15.6. The Morgan fingerprint density at radius 3 is 2.70 bits per heavy atom. The average Bonchev–Trinajstić information content (AvgIpc) is 2.58. The van der Waals surface area contributed by atoms with Gasteiger partial charge in [-0.15, -0.1) is 11.8 Å². The Morgan fingerprint density at radius 2 is 1.87 bits per heavy atom. The topological polar surface area (TPSA) is 67.8 Å². The van der Waals surface area contributed by atoms with E-state index in [2.05, 4.69) is 9.97 Å². The molecular formula is C17H17N3O2S. The maximum Gasteiger partial charge on any atom is 0.328 e. The van der Waals surface area contributed by atoms with Crippen molar-refractivity contribution in [1.82, 2.24) is 14.5 Å². The molecule has 0 radical (unpaired) electrons. The van der Waals surface area contributed by atoms with Crippen LogP contribution in [-0.4, -0.2) is 20.3 Å². The Morgan fingerprint density at radius 1 is 1.04 bits per heavy atom. The van der Waals surface area contributed by atoms with Crippen molar-refractivity contribution < 1.29 is 0 Å². The molecule has 0 aliphatic carbocycles. The monoisotopic (exact) mass is 327 g/mol. The Bertz CT molecular complexity index is 903. The van der Waals surface area contributed by atoms with Crippen LogP contribution >= 0.6 is 11.8 Å². The number of thioether (sulfide) groups is 1. The third kappa shape index (κ3) is 3.71. The number of hydrogen-bond acceptors (Lipinski definition) is 4. The van der Waals surface area contributed by atoms with Crippen LogP contribution in [0.4, 0.5) is 0 Å². The van der Waals surface area contributed by atoms with Gasteiger partial charge in [-0.3, -0.25) is 9.36 Å². The predicted octanol–water partition coefficient (Wildman–Crippen LogP) is 2.66. The van der Waals surface area contributed by atoms with Crippen LogP contribution in [0.5, 0.6) is 0 Å². The zero-order valence-corrected chi connectivity index (χ0v) is 13.4. The highest BCUT2D eigenvalue weighted by molar-refractivity contribution is 7.99. The molecule has 23 heavy (non-hydrogen) atoms. The van der Waals surface area contributed by atoms with Crippen LogP contribution in [0.2, 0.25) is 0 Å². The maximum atomic E-state index is 12.4. The van der Waals surface area contributed by atoms with Crippen molar-refractivity contribution in [2.24, 2.45) is 0 Å². The summed E-state index contributed by atoms with van der Waals surface area (Å²) >= 11 is 1.68. The lowest BCUT2D eigenvalue weighted by Gasteiger charge is -2.06. The fourth-order valence-corrected chi connectivity index (χ4v) is 3.25. The van der Waals surface area contributed by atoms with Gasteiger partial charge in [-0.05, 0) is 42.9 Å². The molecule has 1 aromatic carbocycles. The molecule has 2 heterocycles. The minimum atomic E-state index is -0.342. The van der Waals surface area contributed by atoms with Crippen LogP contribution < -0.4 is 11.2 Å². The Balaban J connectivity index is 1.61. The molecule has 0 fully saturated rings. The first-order valence-electron chi connectivity index (χ1n) is 7.51.